The maximum Gasteiger partial charge on any atom is 0.231 e. The number of H-pyrrole nitrogens is 1. The van der Waals surface area contributed by atoms with Gasteiger partial charge < -0.3 is 19.4 Å². The number of carbonyl (C=O) groups excluding carboxylic acids is 1. The van der Waals surface area contributed by atoms with Gasteiger partial charge in [0.15, 0.2) is 11.5 Å². The van der Waals surface area contributed by atoms with E-state index in [1.807, 2.05) is 36.9 Å². The second-order valence-corrected chi connectivity index (χ2v) is 7.19. The van der Waals surface area contributed by atoms with Crippen molar-refractivity contribution < 1.29 is 14.3 Å². The lowest BCUT2D eigenvalue weighted by molar-refractivity contribution is -0.135. The molecule has 0 saturated heterocycles. The van der Waals surface area contributed by atoms with Gasteiger partial charge in [0.2, 0.25) is 12.7 Å². The second-order valence-electron chi connectivity index (χ2n) is 7.19. The molecule has 132 valence electrons. The molecule has 1 aliphatic heterocycles. The normalized spacial score (nSPS) is 20.8. The number of nitrogens with zero attached hydrogens (tertiary/aromatic N) is 2. The molecule has 6 nitrogen and oxygen atoms in total. The summed E-state index contributed by atoms with van der Waals surface area (Å²) in [5, 5.41) is 0. The molecular formula is C19H23N3O3. The first-order valence-corrected chi connectivity index (χ1v) is 8.77. The van der Waals surface area contributed by atoms with Crippen LogP contribution in [0.25, 0.3) is 11.3 Å². The van der Waals surface area contributed by atoms with Gasteiger partial charge in [0.25, 0.3) is 0 Å². The van der Waals surface area contributed by atoms with E-state index in [0.717, 1.165) is 35.0 Å². The molecule has 2 heterocycles. The highest BCUT2D eigenvalue weighted by molar-refractivity contribution is 5.81. The van der Waals surface area contributed by atoms with E-state index in [0.29, 0.717) is 12.5 Å². The van der Waals surface area contributed by atoms with Crippen LogP contribution in [-0.4, -0.2) is 33.6 Å². The molecule has 0 bridgehead atoms. The summed E-state index contributed by atoms with van der Waals surface area (Å²) < 4.78 is 10.8. The molecule has 1 saturated carbocycles. The van der Waals surface area contributed by atoms with Crippen molar-refractivity contribution in [2.24, 2.45) is 11.8 Å². The molecule has 1 aromatic heterocycles. The molecule has 1 amide bonds. The second kappa shape index (κ2) is 6.10. The molecule has 4 rings (SSSR count). The Balaban J connectivity index is 1.51. The van der Waals surface area contributed by atoms with E-state index in [2.05, 4.69) is 16.9 Å². The summed E-state index contributed by atoms with van der Waals surface area (Å²) in [4.78, 5) is 22.3. The van der Waals surface area contributed by atoms with Crippen LogP contribution >= 0.6 is 0 Å². The fraction of sp³-hybridized carbons (Fsp3) is 0.474. The van der Waals surface area contributed by atoms with Crippen LogP contribution in [-0.2, 0) is 11.3 Å². The molecule has 25 heavy (non-hydrogen) atoms. The van der Waals surface area contributed by atoms with Crippen molar-refractivity contribution in [2.45, 2.75) is 39.8 Å². The lowest BCUT2D eigenvalue weighted by atomic mass is 10.1. The maximum absolute atomic E-state index is 12.6. The number of aromatic amines is 1. The SMILES string of the molecule is CC(C)N(Cc1ncc(-c2ccc3c(c2)OCO3)[nH]1)C(=O)[C@@H]1C[C@H]1C. The summed E-state index contributed by atoms with van der Waals surface area (Å²) >= 11 is 0. The van der Waals surface area contributed by atoms with Crippen LogP contribution in [0.5, 0.6) is 11.5 Å². The standard InChI is InChI=1S/C19H23N3O3/c1-11(2)22(19(23)14-6-12(14)3)9-18-20-8-15(21-18)13-4-5-16-17(7-13)25-10-24-16/h4-5,7-8,11-12,14H,6,9-10H2,1-3H3,(H,20,21)/t12-,14-/m1/s1. The van der Waals surface area contributed by atoms with Crippen molar-refractivity contribution in [2.75, 3.05) is 6.79 Å². The molecule has 2 aliphatic rings. The highest BCUT2D eigenvalue weighted by atomic mass is 16.7. The van der Waals surface area contributed by atoms with Gasteiger partial charge in [0, 0.05) is 17.5 Å². The summed E-state index contributed by atoms with van der Waals surface area (Å²) in [6.07, 6.45) is 2.80. The number of benzene rings is 1. The van der Waals surface area contributed by atoms with Crippen LogP contribution in [0.1, 0.15) is 33.0 Å². The third-order valence-corrected chi connectivity index (χ3v) is 4.97. The predicted molar refractivity (Wildman–Crippen MR) is 93.1 cm³/mol. The first-order valence-electron chi connectivity index (χ1n) is 8.77. The number of imidazole rings is 1. The zero-order chi connectivity index (χ0) is 17.6. The van der Waals surface area contributed by atoms with Gasteiger partial charge in [-0.05, 0) is 44.4 Å². The topological polar surface area (TPSA) is 67.5 Å². The molecule has 1 aliphatic carbocycles. The van der Waals surface area contributed by atoms with Gasteiger partial charge >= 0.3 is 0 Å². The number of rotatable bonds is 5. The Hall–Kier alpha value is -2.50. The van der Waals surface area contributed by atoms with Gasteiger partial charge in [0.05, 0.1) is 18.4 Å². The number of carbonyl (C=O) groups is 1. The van der Waals surface area contributed by atoms with Crippen LogP contribution in [0.3, 0.4) is 0 Å². The number of nitrogens with one attached hydrogen (secondary N) is 1. The lowest BCUT2D eigenvalue weighted by Gasteiger charge is -2.26. The third kappa shape index (κ3) is 3.08. The summed E-state index contributed by atoms with van der Waals surface area (Å²) in [5.74, 6) is 3.24. The predicted octanol–water partition coefficient (Wildman–Crippen LogP) is 3.20. The first-order chi connectivity index (χ1) is 12.0. The lowest BCUT2D eigenvalue weighted by Crippen LogP contribution is -2.38. The van der Waals surface area contributed by atoms with Gasteiger partial charge in [0.1, 0.15) is 5.82 Å². The minimum absolute atomic E-state index is 0.152. The molecule has 6 heteroatoms. The quantitative estimate of drug-likeness (QED) is 0.907. The van der Waals surface area contributed by atoms with E-state index in [4.69, 9.17) is 9.47 Å². The molecule has 2 aromatic rings. The summed E-state index contributed by atoms with van der Waals surface area (Å²) in [6.45, 7) is 6.99. The average Bonchev–Trinajstić information content (AvgIpc) is 3.02. The van der Waals surface area contributed by atoms with Crippen molar-refractivity contribution in [3.63, 3.8) is 0 Å². The Labute approximate surface area is 147 Å². The van der Waals surface area contributed by atoms with Crippen molar-refractivity contribution in [3.05, 3.63) is 30.2 Å². The first kappa shape index (κ1) is 16.0. The van der Waals surface area contributed by atoms with Crippen molar-refractivity contribution in [1.29, 1.82) is 0 Å². The number of aromatic nitrogens is 2. The molecule has 0 spiro atoms. The van der Waals surface area contributed by atoms with E-state index in [9.17, 15) is 4.79 Å². The number of ether oxygens (including phenoxy) is 2. The van der Waals surface area contributed by atoms with Gasteiger partial charge in [-0.1, -0.05) is 6.92 Å². The maximum atomic E-state index is 12.6. The Morgan fingerprint density at radius 1 is 1.36 bits per heavy atom. The minimum Gasteiger partial charge on any atom is -0.454 e. The molecule has 2 atom stereocenters. The van der Waals surface area contributed by atoms with Crippen LogP contribution in [0.2, 0.25) is 0 Å². The smallest absolute Gasteiger partial charge is 0.231 e. The van der Waals surface area contributed by atoms with Gasteiger partial charge in [-0.3, -0.25) is 4.79 Å². The Bertz CT molecular complexity index is 799. The number of hydrogen-bond acceptors (Lipinski definition) is 4. The molecule has 0 unspecified atom stereocenters. The fourth-order valence-corrected chi connectivity index (χ4v) is 3.21. The van der Waals surface area contributed by atoms with E-state index in [1.165, 1.54) is 0 Å². The zero-order valence-electron chi connectivity index (χ0n) is 14.8. The largest absolute Gasteiger partial charge is 0.454 e. The summed E-state index contributed by atoms with van der Waals surface area (Å²) in [7, 11) is 0. The molecule has 1 aromatic carbocycles. The van der Waals surface area contributed by atoms with E-state index >= 15 is 0 Å². The minimum atomic E-state index is 0.152. The Morgan fingerprint density at radius 2 is 2.12 bits per heavy atom. The van der Waals surface area contributed by atoms with Crippen LogP contribution in [0.15, 0.2) is 24.4 Å². The number of hydrogen-bond donors (Lipinski definition) is 1. The van der Waals surface area contributed by atoms with Crippen LogP contribution in [0, 0.1) is 11.8 Å². The Morgan fingerprint density at radius 3 is 2.84 bits per heavy atom. The number of fused-ring (bicyclic) bond motifs is 1. The zero-order valence-corrected chi connectivity index (χ0v) is 14.8. The highest BCUT2D eigenvalue weighted by Gasteiger charge is 2.42. The van der Waals surface area contributed by atoms with Gasteiger partial charge in [-0.25, -0.2) is 4.98 Å². The van der Waals surface area contributed by atoms with Crippen molar-refractivity contribution >= 4 is 5.91 Å². The molecular weight excluding hydrogens is 318 g/mol. The van der Waals surface area contributed by atoms with E-state index < -0.39 is 0 Å². The fourth-order valence-electron chi connectivity index (χ4n) is 3.21. The van der Waals surface area contributed by atoms with Gasteiger partial charge in [-0.2, -0.15) is 0 Å². The van der Waals surface area contributed by atoms with Crippen molar-refractivity contribution in [3.8, 4) is 22.8 Å². The molecule has 0 radical (unpaired) electrons. The monoisotopic (exact) mass is 341 g/mol. The van der Waals surface area contributed by atoms with E-state index in [-0.39, 0.29) is 24.7 Å². The Kier molecular flexibility index (Phi) is 3.90. The molecule has 1 N–H and O–H groups in total. The van der Waals surface area contributed by atoms with E-state index in [1.54, 1.807) is 6.20 Å². The average molecular weight is 341 g/mol. The number of amides is 1. The summed E-state index contributed by atoms with van der Waals surface area (Å²) in [6, 6.07) is 5.97. The third-order valence-electron chi connectivity index (χ3n) is 4.97. The van der Waals surface area contributed by atoms with Crippen LogP contribution in [0.4, 0.5) is 0 Å². The van der Waals surface area contributed by atoms with Gasteiger partial charge in [-0.15, -0.1) is 0 Å². The highest BCUT2D eigenvalue weighted by Crippen LogP contribution is 2.40. The molecule has 1 fully saturated rings. The summed E-state index contributed by atoms with van der Waals surface area (Å²) in [5.41, 5.74) is 1.89. The van der Waals surface area contributed by atoms with Crippen LogP contribution < -0.4 is 9.47 Å². The van der Waals surface area contributed by atoms with Crippen molar-refractivity contribution in [1.82, 2.24) is 14.9 Å².